The molecule has 1 amide bonds. The second kappa shape index (κ2) is 5.83. The minimum absolute atomic E-state index is 0.0780. The Labute approximate surface area is 121 Å². The van der Waals surface area contributed by atoms with Crippen LogP contribution in [0.5, 0.6) is 5.75 Å². The molecule has 0 aliphatic heterocycles. The summed E-state index contributed by atoms with van der Waals surface area (Å²) in [6.07, 6.45) is 2.75. The third kappa shape index (κ3) is 2.97. The number of hydrogen-bond donors (Lipinski definition) is 1. The average molecular weight is 285 g/mol. The largest absolute Gasteiger partial charge is 0.483 e. The fourth-order valence-electron chi connectivity index (χ4n) is 2.39. The molecule has 3 rings (SSSR count). The molecule has 0 saturated heterocycles. The zero-order valence-corrected chi connectivity index (χ0v) is 11.4. The lowest BCUT2D eigenvalue weighted by Crippen LogP contribution is -2.28. The van der Waals surface area contributed by atoms with Crippen molar-refractivity contribution >= 4 is 11.7 Å². The molecule has 5 nitrogen and oxygen atoms in total. The van der Waals surface area contributed by atoms with Gasteiger partial charge < -0.3 is 14.5 Å². The summed E-state index contributed by atoms with van der Waals surface area (Å²) in [6.45, 7) is 0.256. The molecule has 0 bridgehead atoms. The standard InChI is InChI=1S/C16H15NO4/c18-14-7-6-13-12(14)4-1-5-15(13)21-10-16(19)17-9-11-3-2-8-20-11/h1-5,8H,6-7,9-10H2,(H,17,19). The number of amides is 1. The van der Waals surface area contributed by atoms with E-state index in [1.54, 1.807) is 36.6 Å². The molecule has 1 aromatic carbocycles. The molecular weight excluding hydrogens is 270 g/mol. The number of fused-ring (bicyclic) bond motifs is 1. The number of hydrogen-bond acceptors (Lipinski definition) is 4. The highest BCUT2D eigenvalue weighted by atomic mass is 16.5. The van der Waals surface area contributed by atoms with Crippen LogP contribution in [0, 0.1) is 0 Å². The molecule has 1 aliphatic carbocycles. The lowest BCUT2D eigenvalue weighted by Gasteiger charge is -2.10. The van der Waals surface area contributed by atoms with Crippen molar-refractivity contribution in [3.05, 3.63) is 53.5 Å². The maximum atomic E-state index is 11.7. The normalized spacial score (nSPS) is 13.0. The van der Waals surface area contributed by atoms with Gasteiger partial charge in [-0.1, -0.05) is 12.1 Å². The van der Waals surface area contributed by atoms with Crippen molar-refractivity contribution in [1.29, 1.82) is 0 Å². The molecule has 1 aliphatic rings. The van der Waals surface area contributed by atoms with Gasteiger partial charge in [-0.2, -0.15) is 0 Å². The summed E-state index contributed by atoms with van der Waals surface area (Å²) >= 11 is 0. The Kier molecular flexibility index (Phi) is 3.73. The van der Waals surface area contributed by atoms with E-state index in [4.69, 9.17) is 9.15 Å². The molecule has 0 radical (unpaired) electrons. The molecule has 2 aromatic rings. The van der Waals surface area contributed by atoms with E-state index in [-0.39, 0.29) is 18.3 Å². The lowest BCUT2D eigenvalue weighted by atomic mass is 10.1. The first-order chi connectivity index (χ1) is 10.2. The van der Waals surface area contributed by atoms with Gasteiger partial charge in [0.25, 0.3) is 5.91 Å². The van der Waals surface area contributed by atoms with Crippen LogP contribution in [0.15, 0.2) is 41.0 Å². The molecule has 1 aromatic heterocycles. The third-order valence-corrected chi connectivity index (χ3v) is 3.43. The molecule has 0 spiro atoms. The zero-order valence-electron chi connectivity index (χ0n) is 11.4. The van der Waals surface area contributed by atoms with Crippen LogP contribution in [0.2, 0.25) is 0 Å². The van der Waals surface area contributed by atoms with Crippen molar-refractivity contribution in [2.24, 2.45) is 0 Å². The molecule has 5 heteroatoms. The molecule has 0 unspecified atom stereocenters. The van der Waals surface area contributed by atoms with Crippen LogP contribution in [0.4, 0.5) is 0 Å². The van der Waals surface area contributed by atoms with Crippen LogP contribution < -0.4 is 10.1 Å². The Morgan fingerprint density at radius 1 is 1.24 bits per heavy atom. The third-order valence-electron chi connectivity index (χ3n) is 3.43. The molecule has 21 heavy (non-hydrogen) atoms. The minimum atomic E-state index is -0.228. The van der Waals surface area contributed by atoms with E-state index in [2.05, 4.69) is 5.32 Å². The van der Waals surface area contributed by atoms with Gasteiger partial charge in [0, 0.05) is 17.5 Å². The number of benzene rings is 1. The predicted octanol–water partition coefficient (Wildman–Crippen LogP) is 2.10. The Bertz CT molecular complexity index is 661. The molecule has 0 fully saturated rings. The van der Waals surface area contributed by atoms with Crippen LogP contribution in [0.25, 0.3) is 0 Å². The molecular formula is C16H15NO4. The second-order valence-electron chi connectivity index (χ2n) is 4.85. The first-order valence-corrected chi connectivity index (χ1v) is 6.81. The van der Waals surface area contributed by atoms with Crippen molar-refractivity contribution in [2.45, 2.75) is 19.4 Å². The van der Waals surface area contributed by atoms with E-state index in [0.717, 1.165) is 5.56 Å². The quantitative estimate of drug-likeness (QED) is 0.913. The number of furan rings is 1. The Hall–Kier alpha value is -2.56. The molecule has 1 N–H and O–H groups in total. The van der Waals surface area contributed by atoms with E-state index in [1.807, 2.05) is 0 Å². The van der Waals surface area contributed by atoms with Gasteiger partial charge in [-0.25, -0.2) is 0 Å². The fraction of sp³-hybridized carbons (Fsp3) is 0.250. The van der Waals surface area contributed by atoms with Crippen LogP contribution in [0.3, 0.4) is 0 Å². The number of nitrogens with one attached hydrogen (secondary N) is 1. The summed E-state index contributed by atoms with van der Waals surface area (Å²) in [7, 11) is 0. The Balaban J connectivity index is 1.56. The van der Waals surface area contributed by atoms with Crippen LogP contribution in [0.1, 0.15) is 28.1 Å². The smallest absolute Gasteiger partial charge is 0.258 e. The van der Waals surface area contributed by atoms with Gasteiger partial charge in [0.15, 0.2) is 12.4 Å². The summed E-state index contributed by atoms with van der Waals surface area (Å²) in [5.41, 5.74) is 1.62. The van der Waals surface area contributed by atoms with Gasteiger partial charge in [0.05, 0.1) is 12.8 Å². The van der Waals surface area contributed by atoms with Crippen molar-refractivity contribution in [3.63, 3.8) is 0 Å². The minimum Gasteiger partial charge on any atom is -0.483 e. The van der Waals surface area contributed by atoms with E-state index >= 15 is 0 Å². The Morgan fingerprint density at radius 2 is 2.14 bits per heavy atom. The van der Waals surface area contributed by atoms with Gasteiger partial charge in [0.1, 0.15) is 11.5 Å². The number of carbonyl (C=O) groups is 2. The summed E-state index contributed by atoms with van der Waals surface area (Å²) in [6, 6.07) is 8.92. The topological polar surface area (TPSA) is 68.5 Å². The molecule has 1 heterocycles. The summed E-state index contributed by atoms with van der Waals surface area (Å²) in [5, 5.41) is 2.71. The van der Waals surface area contributed by atoms with Gasteiger partial charge in [0.2, 0.25) is 0 Å². The summed E-state index contributed by atoms with van der Waals surface area (Å²) in [4.78, 5) is 23.4. The van der Waals surface area contributed by atoms with E-state index < -0.39 is 0 Å². The van der Waals surface area contributed by atoms with E-state index in [9.17, 15) is 9.59 Å². The summed E-state index contributed by atoms with van der Waals surface area (Å²) < 4.78 is 10.7. The van der Waals surface area contributed by atoms with Crippen molar-refractivity contribution in [1.82, 2.24) is 5.32 Å². The molecule has 108 valence electrons. The maximum absolute atomic E-state index is 11.7. The van der Waals surface area contributed by atoms with Crippen LogP contribution >= 0.6 is 0 Å². The van der Waals surface area contributed by atoms with E-state index in [0.29, 0.717) is 36.5 Å². The van der Waals surface area contributed by atoms with Crippen molar-refractivity contribution in [2.75, 3.05) is 6.61 Å². The second-order valence-corrected chi connectivity index (χ2v) is 4.85. The van der Waals surface area contributed by atoms with Crippen molar-refractivity contribution in [3.8, 4) is 5.75 Å². The van der Waals surface area contributed by atoms with Gasteiger partial charge >= 0.3 is 0 Å². The Morgan fingerprint density at radius 3 is 2.95 bits per heavy atom. The lowest BCUT2D eigenvalue weighted by molar-refractivity contribution is -0.123. The van der Waals surface area contributed by atoms with Gasteiger partial charge in [-0.3, -0.25) is 9.59 Å². The monoisotopic (exact) mass is 285 g/mol. The first-order valence-electron chi connectivity index (χ1n) is 6.81. The highest BCUT2D eigenvalue weighted by Gasteiger charge is 2.22. The van der Waals surface area contributed by atoms with Crippen molar-refractivity contribution < 1.29 is 18.7 Å². The van der Waals surface area contributed by atoms with Crippen LogP contribution in [-0.4, -0.2) is 18.3 Å². The predicted molar refractivity (Wildman–Crippen MR) is 75.1 cm³/mol. The number of rotatable bonds is 5. The highest BCUT2D eigenvalue weighted by Crippen LogP contribution is 2.30. The van der Waals surface area contributed by atoms with Gasteiger partial charge in [-0.15, -0.1) is 0 Å². The maximum Gasteiger partial charge on any atom is 0.258 e. The zero-order chi connectivity index (χ0) is 14.7. The molecule has 0 saturated carbocycles. The fourth-order valence-corrected chi connectivity index (χ4v) is 2.39. The number of carbonyl (C=O) groups excluding carboxylic acids is 2. The van der Waals surface area contributed by atoms with E-state index in [1.165, 1.54) is 0 Å². The number of ether oxygens (including phenoxy) is 1. The molecule has 0 atom stereocenters. The van der Waals surface area contributed by atoms with Gasteiger partial charge in [-0.05, 0) is 24.6 Å². The SMILES string of the molecule is O=C(COc1cccc2c1CCC2=O)NCc1ccco1. The number of ketones is 1. The highest BCUT2D eigenvalue weighted by molar-refractivity contribution is 6.01. The van der Waals surface area contributed by atoms with Crippen LogP contribution in [-0.2, 0) is 17.8 Å². The average Bonchev–Trinajstić information content (AvgIpc) is 3.13. The summed E-state index contributed by atoms with van der Waals surface area (Å²) in [5.74, 6) is 1.21. The first kappa shape index (κ1) is 13.4. The number of Topliss-reactive ketones (excluding diaryl/α,β-unsaturated/α-hetero) is 1.